The summed E-state index contributed by atoms with van der Waals surface area (Å²) in [6.45, 7) is 4.39. The summed E-state index contributed by atoms with van der Waals surface area (Å²) < 4.78 is 4.96. The predicted octanol–water partition coefficient (Wildman–Crippen LogP) is 2.57. The van der Waals surface area contributed by atoms with E-state index in [1.165, 1.54) is 13.2 Å². The van der Waals surface area contributed by atoms with Gasteiger partial charge >= 0.3 is 0 Å². The first-order valence-electron chi connectivity index (χ1n) is 6.70. The molecule has 0 aromatic heterocycles. The monoisotopic (exact) mass is 263 g/mol. The maximum atomic E-state index is 12.1. The Kier molecular flexibility index (Phi) is 3.98. The number of nitrogens with one attached hydrogen (secondary N) is 1. The van der Waals surface area contributed by atoms with Crippen molar-refractivity contribution in [3.05, 3.63) is 23.8 Å². The zero-order valence-electron chi connectivity index (χ0n) is 11.6. The molecule has 1 fully saturated rings. The van der Waals surface area contributed by atoms with Crippen molar-refractivity contribution in [3.8, 4) is 11.5 Å². The molecule has 1 aromatic carbocycles. The van der Waals surface area contributed by atoms with Crippen molar-refractivity contribution in [2.45, 2.75) is 32.7 Å². The van der Waals surface area contributed by atoms with E-state index in [4.69, 9.17) is 4.74 Å². The number of rotatable bonds is 3. The number of phenols is 1. The average Bonchev–Trinajstić information content (AvgIpc) is 2.70. The molecular formula is C15H21NO3. The van der Waals surface area contributed by atoms with E-state index in [-0.39, 0.29) is 17.7 Å². The molecule has 0 radical (unpaired) electrons. The minimum Gasteiger partial charge on any atom is -0.504 e. The first-order valence-corrected chi connectivity index (χ1v) is 6.70. The summed E-state index contributed by atoms with van der Waals surface area (Å²) in [6, 6.07) is 4.94. The molecule has 0 saturated heterocycles. The molecule has 1 aliphatic rings. The summed E-state index contributed by atoms with van der Waals surface area (Å²) in [4.78, 5) is 12.1. The van der Waals surface area contributed by atoms with E-state index in [1.807, 2.05) is 0 Å². The molecule has 2 N–H and O–H groups in total. The van der Waals surface area contributed by atoms with Gasteiger partial charge in [0.2, 0.25) is 0 Å². The number of hydrogen-bond donors (Lipinski definition) is 2. The second kappa shape index (κ2) is 5.51. The zero-order valence-corrected chi connectivity index (χ0v) is 11.6. The Balaban J connectivity index is 2.06. The second-order valence-electron chi connectivity index (χ2n) is 5.38. The van der Waals surface area contributed by atoms with Gasteiger partial charge < -0.3 is 15.2 Å². The van der Waals surface area contributed by atoms with E-state index in [0.717, 1.165) is 12.8 Å². The molecule has 19 heavy (non-hydrogen) atoms. The fraction of sp³-hybridized carbons (Fsp3) is 0.533. The Morgan fingerprint density at radius 2 is 2.11 bits per heavy atom. The minimum absolute atomic E-state index is 0.0111. The largest absolute Gasteiger partial charge is 0.504 e. The van der Waals surface area contributed by atoms with Crippen molar-refractivity contribution in [1.82, 2.24) is 5.32 Å². The predicted molar refractivity (Wildman–Crippen MR) is 73.5 cm³/mol. The van der Waals surface area contributed by atoms with Gasteiger partial charge in [0.15, 0.2) is 11.5 Å². The fourth-order valence-corrected chi connectivity index (χ4v) is 2.65. The third-order valence-corrected chi connectivity index (χ3v) is 4.22. The van der Waals surface area contributed by atoms with Crippen LogP contribution in [0.5, 0.6) is 11.5 Å². The molecule has 3 atom stereocenters. The number of aromatic hydroxyl groups is 1. The highest BCUT2D eigenvalue weighted by molar-refractivity contribution is 5.95. The summed E-state index contributed by atoms with van der Waals surface area (Å²) in [5.74, 6) is 1.37. The molecule has 0 spiro atoms. The standard InChI is InChI=1S/C15H21NO3/c1-9-4-6-12(10(9)2)16-15(18)11-5-7-14(19-3)13(17)8-11/h5,7-10,12,17H,4,6H2,1-3H3,(H,16,18). The average molecular weight is 263 g/mol. The van der Waals surface area contributed by atoms with Gasteiger partial charge in [-0.05, 0) is 42.9 Å². The van der Waals surface area contributed by atoms with Gasteiger partial charge in [-0.15, -0.1) is 0 Å². The van der Waals surface area contributed by atoms with E-state index >= 15 is 0 Å². The Hall–Kier alpha value is -1.71. The van der Waals surface area contributed by atoms with Crippen LogP contribution in [0.4, 0.5) is 0 Å². The van der Waals surface area contributed by atoms with Crippen LogP contribution in [-0.4, -0.2) is 24.2 Å². The Morgan fingerprint density at radius 1 is 1.37 bits per heavy atom. The summed E-state index contributed by atoms with van der Waals surface area (Å²) >= 11 is 0. The maximum Gasteiger partial charge on any atom is 0.251 e. The number of carbonyl (C=O) groups excluding carboxylic acids is 1. The lowest BCUT2D eigenvalue weighted by Crippen LogP contribution is -2.37. The van der Waals surface area contributed by atoms with Crippen LogP contribution >= 0.6 is 0 Å². The fourth-order valence-electron chi connectivity index (χ4n) is 2.65. The van der Waals surface area contributed by atoms with Gasteiger partial charge in [-0.25, -0.2) is 0 Å². The molecule has 1 aliphatic carbocycles. The van der Waals surface area contributed by atoms with Crippen LogP contribution in [-0.2, 0) is 0 Å². The highest BCUT2D eigenvalue weighted by Crippen LogP contribution is 2.31. The Morgan fingerprint density at radius 3 is 2.63 bits per heavy atom. The normalized spacial score (nSPS) is 26.2. The van der Waals surface area contributed by atoms with E-state index < -0.39 is 0 Å². The van der Waals surface area contributed by atoms with Crippen LogP contribution in [0, 0.1) is 11.8 Å². The number of benzene rings is 1. The third kappa shape index (κ3) is 2.83. The molecule has 2 rings (SSSR count). The molecule has 3 unspecified atom stereocenters. The molecule has 4 nitrogen and oxygen atoms in total. The maximum absolute atomic E-state index is 12.1. The number of methoxy groups -OCH3 is 1. The third-order valence-electron chi connectivity index (χ3n) is 4.22. The zero-order chi connectivity index (χ0) is 14.0. The van der Waals surface area contributed by atoms with Crippen molar-refractivity contribution in [2.75, 3.05) is 7.11 Å². The topological polar surface area (TPSA) is 58.6 Å². The van der Waals surface area contributed by atoms with Gasteiger partial charge in [-0.1, -0.05) is 13.8 Å². The van der Waals surface area contributed by atoms with Crippen LogP contribution in [0.2, 0.25) is 0 Å². The van der Waals surface area contributed by atoms with Gasteiger partial charge in [0.05, 0.1) is 7.11 Å². The van der Waals surface area contributed by atoms with Crippen molar-refractivity contribution in [1.29, 1.82) is 0 Å². The molecule has 0 heterocycles. The van der Waals surface area contributed by atoms with Gasteiger partial charge in [0.25, 0.3) is 5.91 Å². The van der Waals surface area contributed by atoms with Gasteiger partial charge in [0.1, 0.15) is 0 Å². The molecule has 4 heteroatoms. The number of carbonyl (C=O) groups is 1. The summed E-state index contributed by atoms with van der Waals surface area (Å²) in [6.07, 6.45) is 2.18. The van der Waals surface area contributed by atoms with E-state index in [2.05, 4.69) is 19.2 Å². The molecule has 104 valence electrons. The van der Waals surface area contributed by atoms with Crippen molar-refractivity contribution < 1.29 is 14.6 Å². The van der Waals surface area contributed by atoms with Crippen LogP contribution in [0.15, 0.2) is 18.2 Å². The van der Waals surface area contributed by atoms with Gasteiger partial charge in [-0.2, -0.15) is 0 Å². The molecule has 0 bridgehead atoms. The van der Waals surface area contributed by atoms with Gasteiger partial charge in [-0.3, -0.25) is 4.79 Å². The van der Waals surface area contributed by atoms with Gasteiger partial charge in [0, 0.05) is 11.6 Å². The first-order chi connectivity index (χ1) is 9.02. The highest BCUT2D eigenvalue weighted by Gasteiger charge is 2.30. The van der Waals surface area contributed by atoms with Crippen LogP contribution in [0.3, 0.4) is 0 Å². The molecule has 1 aromatic rings. The molecule has 1 saturated carbocycles. The smallest absolute Gasteiger partial charge is 0.251 e. The summed E-state index contributed by atoms with van der Waals surface area (Å²) in [7, 11) is 1.48. The SMILES string of the molecule is COc1ccc(C(=O)NC2CCC(C)C2C)cc1O. The number of amides is 1. The first kappa shape index (κ1) is 13.7. The van der Waals surface area contributed by atoms with Crippen LogP contribution < -0.4 is 10.1 Å². The quantitative estimate of drug-likeness (QED) is 0.881. The number of ether oxygens (including phenoxy) is 1. The van der Waals surface area contributed by atoms with E-state index in [9.17, 15) is 9.90 Å². The van der Waals surface area contributed by atoms with Crippen molar-refractivity contribution in [3.63, 3.8) is 0 Å². The number of phenolic OH excluding ortho intramolecular Hbond substituents is 1. The molecular weight excluding hydrogens is 242 g/mol. The van der Waals surface area contributed by atoms with Crippen LogP contribution in [0.1, 0.15) is 37.0 Å². The Labute approximate surface area is 113 Å². The van der Waals surface area contributed by atoms with E-state index in [0.29, 0.717) is 23.1 Å². The summed E-state index contributed by atoms with van der Waals surface area (Å²) in [5, 5.41) is 12.7. The van der Waals surface area contributed by atoms with Crippen molar-refractivity contribution in [2.24, 2.45) is 11.8 Å². The number of hydrogen-bond acceptors (Lipinski definition) is 3. The minimum atomic E-state index is -0.135. The van der Waals surface area contributed by atoms with Crippen molar-refractivity contribution >= 4 is 5.91 Å². The molecule has 0 aliphatic heterocycles. The lowest BCUT2D eigenvalue weighted by atomic mass is 9.97. The summed E-state index contributed by atoms with van der Waals surface area (Å²) in [5.41, 5.74) is 0.463. The van der Waals surface area contributed by atoms with Crippen LogP contribution in [0.25, 0.3) is 0 Å². The molecule has 1 amide bonds. The van der Waals surface area contributed by atoms with E-state index in [1.54, 1.807) is 12.1 Å². The lowest BCUT2D eigenvalue weighted by molar-refractivity contribution is 0.0927. The Bertz CT molecular complexity index is 472. The highest BCUT2D eigenvalue weighted by atomic mass is 16.5. The lowest BCUT2D eigenvalue weighted by Gasteiger charge is -2.19. The second-order valence-corrected chi connectivity index (χ2v) is 5.38.